The van der Waals surface area contributed by atoms with Crippen molar-refractivity contribution in [1.29, 1.82) is 0 Å². The van der Waals surface area contributed by atoms with Crippen LogP contribution in [0, 0.1) is 0 Å². The van der Waals surface area contributed by atoms with Crippen LogP contribution in [-0.4, -0.2) is 22.2 Å². The van der Waals surface area contributed by atoms with Gasteiger partial charge in [-0.15, -0.1) is 0 Å². The van der Waals surface area contributed by atoms with Crippen LogP contribution in [0.5, 0.6) is 0 Å². The van der Waals surface area contributed by atoms with Gasteiger partial charge in [0.1, 0.15) is 0 Å². The Morgan fingerprint density at radius 3 is 2.39 bits per heavy atom. The molecule has 3 N–H and O–H groups in total. The van der Waals surface area contributed by atoms with E-state index in [-0.39, 0.29) is 17.3 Å². The molecule has 1 unspecified atom stereocenters. The zero-order valence-electron chi connectivity index (χ0n) is 15.1. The van der Waals surface area contributed by atoms with Crippen LogP contribution >= 0.6 is 0 Å². The average Bonchev–Trinajstić information content (AvgIpc) is 3.30. The Hall–Kier alpha value is -3.67. The summed E-state index contributed by atoms with van der Waals surface area (Å²) >= 11 is 0. The van der Waals surface area contributed by atoms with Crippen molar-refractivity contribution in [3.63, 3.8) is 0 Å². The summed E-state index contributed by atoms with van der Waals surface area (Å²) in [5.41, 5.74) is 8.04. The normalized spacial score (nSPS) is 15.1. The Labute approximate surface area is 162 Å². The van der Waals surface area contributed by atoms with Gasteiger partial charge in [0.25, 0.3) is 5.91 Å². The fraction of sp³-hybridized carbons (Fsp3) is 0.136. The first kappa shape index (κ1) is 17.7. The molecule has 0 bridgehead atoms. The molecular formula is C22H19N3O3. The molecule has 0 radical (unpaired) electrons. The Balaban J connectivity index is 1.58. The summed E-state index contributed by atoms with van der Waals surface area (Å²) in [6.07, 6.45) is 0.593. The number of rotatable bonds is 5. The number of hydrogen-bond acceptors (Lipinski definition) is 3. The number of ketones is 1. The van der Waals surface area contributed by atoms with Gasteiger partial charge >= 0.3 is 0 Å². The van der Waals surface area contributed by atoms with Crippen LogP contribution in [0.1, 0.15) is 44.4 Å². The van der Waals surface area contributed by atoms with Crippen molar-refractivity contribution in [1.82, 2.24) is 4.57 Å². The summed E-state index contributed by atoms with van der Waals surface area (Å²) in [6, 6.07) is 19.3. The fourth-order valence-corrected chi connectivity index (χ4v) is 3.67. The molecule has 140 valence electrons. The molecule has 0 aliphatic carbocycles. The number of benzene rings is 2. The molecule has 1 aliphatic heterocycles. The van der Waals surface area contributed by atoms with Gasteiger partial charge in [-0.1, -0.05) is 42.5 Å². The molecular weight excluding hydrogens is 354 g/mol. The number of carbonyl (C=O) groups excluding carboxylic acids is 3. The van der Waals surface area contributed by atoms with Gasteiger partial charge < -0.3 is 15.6 Å². The number of fused-ring (bicyclic) bond motifs is 1. The number of primary amides is 1. The van der Waals surface area contributed by atoms with Gasteiger partial charge in [0.05, 0.1) is 22.9 Å². The van der Waals surface area contributed by atoms with Gasteiger partial charge in [-0.3, -0.25) is 14.4 Å². The van der Waals surface area contributed by atoms with Gasteiger partial charge in [0.2, 0.25) is 11.7 Å². The topological polar surface area (TPSA) is 94.2 Å². The van der Waals surface area contributed by atoms with E-state index < -0.39 is 11.8 Å². The molecule has 0 fully saturated rings. The lowest BCUT2D eigenvalue weighted by Crippen LogP contribution is -2.22. The predicted octanol–water partition coefficient (Wildman–Crippen LogP) is 2.94. The minimum atomic E-state index is -0.596. The third-order valence-electron chi connectivity index (χ3n) is 5.05. The van der Waals surface area contributed by atoms with Crippen molar-refractivity contribution in [3.05, 3.63) is 89.2 Å². The minimum absolute atomic E-state index is 0.0630. The number of nitrogens with two attached hydrogens (primary N) is 1. The molecule has 1 atom stereocenters. The smallest absolute Gasteiger partial charge is 0.250 e. The molecule has 0 spiro atoms. The molecule has 6 nitrogen and oxygen atoms in total. The second-order valence-corrected chi connectivity index (χ2v) is 6.73. The highest BCUT2D eigenvalue weighted by Gasteiger charge is 2.32. The number of hydrogen-bond donors (Lipinski definition) is 2. The number of nitrogens with one attached hydrogen (secondary N) is 1. The van der Waals surface area contributed by atoms with E-state index in [0.717, 1.165) is 5.69 Å². The average molecular weight is 373 g/mol. The van der Waals surface area contributed by atoms with Gasteiger partial charge in [-0.25, -0.2) is 0 Å². The number of amides is 2. The molecule has 2 aromatic carbocycles. The molecule has 2 amide bonds. The van der Waals surface area contributed by atoms with Crippen molar-refractivity contribution < 1.29 is 14.4 Å². The molecule has 3 aromatic rings. The van der Waals surface area contributed by atoms with E-state index in [1.807, 2.05) is 28.8 Å². The molecule has 4 rings (SSSR count). The van der Waals surface area contributed by atoms with Gasteiger partial charge in [-0.2, -0.15) is 0 Å². The Bertz CT molecular complexity index is 1070. The maximum atomic E-state index is 12.8. The lowest BCUT2D eigenvalue weighted by atomic mass is 10.0. The summed E-state index contributed by atoms with van der Waals surface area (Å²) in [6.45, 7) is 0.589. The number of para-hydroxylation sites is 1. The van der Waals surface area contributed by atoms with Crippen LogP contribution in [-0.2, 0) is 11.3 Å². The van der Waals surface area contributed by atoms with Gasteiger partial charge in [0.15, 0.2) is 0 Å². The highest BCUT2D eigenvalue weighted by atomic mass is 16.2. The molecule has 0 saturated heterocycles. The first-order chi connectivity index (χ1) is 13.6. The van der Waals surface area contributed by atoms with Crippen LogP contribution in [0.4, 0.5) is 5.69 Å². The molecule has 28 heavy (non-hydrogen) atoms. The maximum absolute atomic E-state index is 12.8. The van der Waals surface area contributed by atoms with E-state index in [1.165, 1.54) is 0 Å². The summed E-state index contributed by atoms with van der Waals surface area (Å²) in [4.78, 5) is 37.2. The Morgan fingerprint density at radius 1 is 0.929 bits per heavy atom. The second-order valence-electron chi connectivity index (χ2n) is 6.73. The quantitative estimate of drug-likeness (QED) is 0.673. The van der Waals surface area contributed by atoms with Crippen LogP contribution in [0.2, 0.25) is 0 Å². The fourth-order valence-electron chi connectivity index (χ4n) is 3.67. The minimum Gasteiger partial charge on any atom is -0.366 e. The Morgan fingerprint density at radius 2 is 1.64 bits per heavy atom. The molecule has 1 aliphatic rings. The lowest BCUT2D eigenvalue weighted by molar-refractivity contribution is -0.117. The van der Waals surface area contributed by atoms with Crippen LogP contribution < -0.4 is 11.1 Å². The van der Waals surface area contributed by atoms with Crippen LogP contribution in [0.15, 0.2) is 66.7 Å². The summed E-state index contributed by atoms with van der Waals surface area (Å²) in [7, 11) is 0. The number of aromatic nitrogens is 1. The molecule has 0 saturated carbocycles. The van der Waals surface area contributed by atoms with Crippen LogP contribution in [0.3, 0.4) is 0 Å². The standard InChI is InChI=1S/C22H19N3O3/c23-21(27)15-8-4-5-9-17(15)24-22(28)16-12-13-25-18(16)10-11-19(25)20(26)14-6-2-1-3-7-14/h1-11,16H,12-13H2,(H2,23,27)(H,24,28). The summed E-state index contributed by atoms with van der Waals surface area (Å²) in [5, 5.41) is 2.81. The maximum Gasteiger partial charge on any atom is 0.250 e. The first-order valence-corrected chi connectivity index (χ1v) is 9.05. The largest absolute Gasteiger partial charge is 0.366 e. The molecule has 6 heteroatoms. The van der Waals surface area contributed by atoms with Crippen molar-refractivity contribution in [2.45, 2.75) is 18.9 Å². The molecule has 2 heterocycles. The van der Waals surface area contributed by atoms with Crippen molar-refractivity contribution >= 4 is 23.3 Å². The van der Waals surface area contributed by atoms with Crippen LogP contribution in [0.25, 0.3) is 0 Å². The third-order valence-corrected chi connectivity index (χ3v) is 5.05. The van der Waals surface area contributed by atoms with Gasteiger partial charge in [0, 0.05) is 17.8 Å². The number of nitrogens with zero attached hydrogens (tertiary/aromatic N) is 1. The Kier molecular flexibility index (Phi) is 4.53. The SMILES string of the molecule is NC(=O)c1ccccc1NC(=O)C1CCn2c(C(=O)c3ccccc3)ccc21. The van der Waals surface area contributed by atoms with E-state index in [0.29, 0.717) is 29.9 Å². The highest BCUT2D eigenvalue weighted by Crippen LogP contribution is 2.32. The monoisotopic (exact) mass is 373 g/mol. The number of anilines is 1. The highest BCUT2D eigenvalue weighted by molar-refractivity contribution is 6.08. The van der Waals surface area contributed by atoms with E-state index in [1.54, 1.807) is 42.5 Å². The van der Waals surface area contributed by atoms with Crippen molar-refractivity contribution in [3.8, 4) is 0 Å². The lowest BCUT2D eigenvalue weighted by Gasteiger charge is -2.13. The zero-order valence-corrected chi connectivity index (χ0v) is 15.1. The summed E-state index contributed by atoms with van der Waals surface area (Å²) < 4.78 is 1.90. The number of carbonyl (C=O) groups is 3. The summed E-state index contributed by atoms with van der Waals surface area (Å²) in [5.74, 6) is -1.27. The third kappa shape index (κ3) is 3.09. The van der Waals surface area contributed by atoms with Crippen molar-refractivity contribution in [2.75, 3.05) is 5.32 Å². The van der Waals surface area contributed by atoms with E-state index in [9.17, 15) is 14.4 Å². The van der Waals surface area contributed by atoms with Crippen molar-refractivity contribution in [2.24, 2.45) is 5.73 Å². The van der Waals surface area contributed by atoms with E-state index in [4.69, 9.17) is 5.73 Å². The first-order valence-electron chi connectivity index (χ1n) is 9.05. The second kappa shape index (κ2) is 7.15. The van der Waals surface area contributed by atoms with E-state index >= 15 is 0 Å². The van der Waals surface area contributed by atoms with E-state index in [2.05, 4.69) is 5.32 Å². The predicted molar refractivity (Wildman–Crippen MR) is 105 cm³/mol. The molecule has 1 aromatic heterocycles. The van der Waals surface area contributed by atoms with Gasteiger partial charge in [-0.05, 0) is 30.7 Å². The zero-order chi connectivity index (χ0) is 19.7.